The zero-order chi connectivity index (χ0) is 14.0. The van der Waals surface area contributed by atoms with E-state index < -0.39 is 11.7 Å². The third-order valence-electron chi connectivity index (χ3n) is 2.63. The Morgan fingerprint density at radius 2 is 1.84 bits per heavy atom. The van der Waals surface area contributed by atoms with Gasteiger partial charge in [-0.15, -0.1) is 0 Å². The van der Waals surface area contributed by atoms with E-state index >= 15 is 0 Å². The second kappa shape index (κ2) is 4.93. The molecule has 1 heterocycles. The predicted octanol–water partition coefficient (Wildman–Crippen LogP) is 2.14. The summed E-state index contributed by atoms with van der Waals surface area (Å²) in [6.07, 6.45) is -4.35. The third-order valence-corrected chi connectivity index (χ3v) is 2.63. The van der Waals surface area contributed by atoms with Crippen LogP contribution in [0, 0.1) is 0 Å². The fourth-order valence-corrected chi connectivity index (χ4v) is 1.68. The molecular formula is C12H12F3N3O. The zero-order valence-electron chi connectivity index (χ0n) is 9.85. The van der Waals surface area contributed by atoms with Crippen LogP contribution in [0.2, 0.25) is 0 Å². The van der Waals surface area contributed by atoms with Crippen LogP contribution in [0.25, 0.3) is 11.3 Å². The van der Waals surface area contributed by atoms with Gasteiger partial charge in [-0.05, 0) is 12.1 Å². The number of aliphatic hydroxyl groups is 1. The summed E-state index contributed by atoms with van der Waals surface area (Å²) in [4.78, 5) is 0. The summed E-state index contributed by atoms with van der Waals surface area (Å²) in [5.41, 5.74) is 5.97. The molecule has 0 bridgehead atoms. The molecule has 0 saturated carbocycles. The molecule has 0 spiro atoms. The lowest BCUT2D eigenvalue weighted by molar-refractivity contribution is -0.137. The van der Waals surface area contributed by atoms with E-state index in [1.54, 1.807) is 6.07 Å². The van der Waals surface area contributed by atoms with Crippen LogP contribution in [0.15, 0.2) is 30.3 Å². The van der Waals surface area contributed by atoms with E-state index in [1.165, 1.54) is 16.8 Å². The van der Waals surface area contributed by atoms with Crippen molar-refractivity contribution in [3.8, 4) is 11.3 Å². The topological polar surface area (TPSA) is 64.1 Å². The summed E-state index contributed by atoms with van der Waals surface area (Å²) in [5.74, 6) is 0.351. The molecule has 0 unspecified atom stereocenters. The average Bonchev–Trinajstić information content (AvgIpc) is 2.71. The molecular weight excluding hydrogens is 259 g/mol. The first-order valence-corrected chi connectivity index (χ1v) is 5.53. The van der Waals surface area contributed by atoms with Gasteiger partial charge in [0.1, 0.15) is 5.82 Å². The van der Waals surface area contributed by atoms with Crippen LogP contribution in [0.3, 0.4) is 0 Å². The highest BCUT2D eigenvalue weighted by Crippen LogP contribution is 2.30. The summed E-state index contributed by atoms with van der Waals surface area (Å²) in [7, 11) is 0. The summed E-state index contributed by atoms with van der Waals surface area (Å²) < 4.78 is 38.7. The minimum Gasteiger partial charge on any atom is -0.394 e. The molecule has 102 valence electrons. The second-order valence-corrected chi connectivity index (χ2v) is 3.98. The Hall–Kier alpha value is -2.02. The summed E-state index contributed by atoms with van der Waals surface area (Å²) >= 11 is 0. The number of alkyl halides is 3. The standard InChI is InChI=1S/C12H12F3N3O/c13-12(14,15)9-3-1-8(2-4-9)10-7-11(16)18(17-10)5-6-19/h1-4,7,19H,5-6,16H2. The number of benzene rings is 1. The lowest BCUT2D eigenvalue weighted by atomic mass is 10.1. The first-order valence-electron chi connectivity index (χ1n) is 5.53. The van der Waals surface area contributed by atoms with Crippen molar-refractivity contribution in [2.24, 2.45) is 0 Å². The number of hydrogen-bond donors (Lipinski definition) is 2. The molecule has 2 aromatic rings. The van der Waals surface area contributed by atoms with E-state index in [0.29, 0.717) is 17.1 Å². The van der Waals surface area contributed by atoms with Gasteiger partial charge in [0, 0.05) is 11.6 Å². The minimum atomic E-state index is -4.35. The van der Waals surface area contributed by atoms with E-state index in [4.69, 9.17) is 10.8 Å². The van der Waals surface area contributed by atoms with Gasteiger partial charge < -0.3 is 10.8 Å². The molecule has 0 fully saturated rings. The Morgan fingerprint density at radius 3 is 2.37 bits per heavy atom. The molecule has 0 amide bonds. The SMILES string of the molecule is Nc1cc(-c2ccc(C(F)(F)F)cc2)nn1CCO. The normalized spacial score (nSPS) is 11.8. The van der Waals surface area contributed by atoms with Gasteiger partial charge in [0.15, 0.2) is 0 Å². The quantitative estimate of drug-likeness (QED) is 0.899. The number of rotatable bonds is 3. The highest BCUT2D eigenvalue weighted by atomic mass is 19.4. The predicted molar refractivity (Wildman–Crippen MR) is 64.2 cm³/mol. The Morgan fingerprint density at radius 1 is 1.21 bits per heavy atom. The molecule has 0 atom stereocenters. The molecule has 0 radical (unpaired) electrons. The van der Waals surface area contributed by atoms with Crippen LogP contribution in [0.4, 0.5) is 19.0 Å². The first kappa shape index (κ1) is 13.4. The maximum Gasteiger partial charge on any atom is 0.416 e. The van der Waals surface area contributed by atoms with Crippen LogP contribution in [0.1, 0.15) is 5.56 Å². The average molecular weight is 271 g/mol. The molecule has 19 heavy (non-hydrogen) atoms. The van der Waals surface area contributed by atoms with Crippen LogP contribution in [-0.2, 0) is 12.7 Å². The van der Waals surface area contributed by atoms with Crippen LogP contribution in [-0.4, -0.2) is 21.5 Å². The number of nitrogens with two attached hydrogens (primary N) is 1. The van der Waals surface area contributed by atoms with Crippen molar-refractivity contribution in [3.63, 3.8) is 0 Å². The number of nitrogens with zero attached hydrogens (tertiary/aromatic N) is 2. The Bertz CT molecular complexity index is 561. The van der Waals surface area contributed by atoms with Crippen molar-refractivity contribution in [2.45, 2.75) is 12.7 Å². The first-order chi connectivity index (χ1) is 8.91. The van der Waals surface area contributed by atoms with Crippen LogP contribution >= 0.6 is 0 Å². The Kier molecular flexibility index (Phi) is 3.48. The number of anilines is 1. The van der Waals surface area contributed by atoms with Crippen molar-refractivity contribution in [3.05, 3.63) is 35.9 Å². The van der Waals surface area contributed by atoms with E-state index in [0.717, 1.165) is 12.1 Å². The van der Waals surface area contributed by atoms with Crippen molar-refractivity contribution >= 4 is 5.82 Å². The molecule has 1 aromatic heterocycles. The van der Waals surface area contributed by atoms with E-state index in [1.807, 2.05) is 0 Å². The van der Waals surface area contributed by atoms with E-state index in [2.05, 4.69) is 5.10 Å². The number of aliphatic hydroxyl groups excluding tert-OH is 1. The number of hydrogen-bond acceptors (Lipinski definition) is 3. The molecule has 0 aliphatic carbocycles. The molecule has 1 aromatic carbocycles. The molecule has 2 rings (SSSR count). The fraction of sp³-hybridized carbons (Fsp3) is 0.250. The van der Waals surface area contributed by atoms with Gasteiger partial charge >= 0.3 is 6.18 Å². The maximum atomic E-state index is 12.4. The summed E-state index contributed by atoms with van der Waals surface area (Å²) in [6, 6.07) is 6.23. The van der Waals surface area contributed by atoms with Gasteiger partial charge in [-0.1, -0.05) is 12.1 Å². The molecule has 3 N–H and O–H groups in total. The molecule has 0 saturated heterocycles. The molecule has 7 heteroatoms. The van der Waals surface area contributed by atoms with E-state index in [-0.39, 0.29) is 13.2 Å². The van der Waals surface area contributed by atoms with Crippen molar-refractivity contribution in [1.29, 1.82) is 0 Å². The van der Waals surface area contributed by atoms with Gasteiger partial charge in [-0.2, -0.15) is 18.3 Å². The van der Waals surface area contributed by atoms with Gasteiger partial charge in [0.2, 0.25) is 0 Å². The molecule has 0 aliphatic heterocycles. The molecule has 4 nitrogen and oxygen atoms in total. The number of nitrogen functional groups attached to an aromatic ring is 1. The third kappa shape index (κ3) is 2.87. The monoisotopic (exact) mass is 271 g/mol. The van der Waals surface area contributed by atoms with Gasteiger partial charge in [-0.3, -0.25) is 0 Å². The minimum absolute atomic E-state index is 0.113. The Balaban J connectivity index is 2.30. The second-order valence-electron chi connectivity index (χ2n) is 3.98. The highest BCUT2D eigenvalue weighted by molar-refractivity contribution is 5.62. The van der Waals surface area contributed by atoms with Crippen molar-refractivity contribution < 1.29 is 18.3 Å². The lowest BCUT2D eigenvalue weighted by Crippen LogP contribution is -2.07. The zero-order valence-corrected chi connectivity index (χ0v) is 9.85. The largest absolute Gasteiger partial charge is 0.416 e. The number of aromatic nitrogens is 2. The van der Waals surface area contributed by atoms with Gasteiger partial charge in [0.25, 0.3) is 0 Å². The van der Waals surface area contributed by atoms with Crippen molar-refractivity contribution in [2.75, 3.05) is 12.3 Å². The highest BCUT2D eigenvalue weighted by Gasteiger charge is 2.30. The summed E-state index contributed by atoms with van der Waals surface area (Å²) in [5, 5.41) is 12.9. The maximum absolute atomic E-state index is 12.4. The Labute approximate surface area is 107 Å². The summed E-state index contributed by atoms with van der Waals surface area (Å²) in [6.45, 7) is 0.130. The van der Waals surface area contributed by atoms with E-state index in [9.17, 15) is 13.2 Å². The van der Waals surface area contributed by atoms with Crippen molar-refractivity contribution in [1.82, 2.24) is 9.78 Å². The van der Waals surface area contributed by atoms with Gasteiger partial charge in [-0.25, -0.2) is 4.68 Å². The smallest absolute Gasteiger partial charge is 0.394 e. The van der Waals surface area contributed by atoms with Crippen LogP contribution in [0.5, 0.6) is 0 Å². The van der Waals surface area contributed by atoms with Gasteiger partial charge in [0.05, 0.1) is 24.4 Å². The lowest BCUT2D eigenvalue weighted by Gasteiger charge is -2.06. The molecule has 0 aliphatic rings. The fourth-order valence-electron chi connectivity index (χ4n) is 1.68. The number of halogens is 3. The van der Waals surface area contributed by atoms with Crippen LogP contribution < -0.4 is 5.73 Å².